The highest BCUT2D eigenvalue weighted by Gasteiger charge is 2.20. The topological polar surface area (TPSA) is 64.7 Å². The van der Waals surface area contributed by atoms with Crippen molar-refractivity contribution in [3.8, 4) is 0 Å². The Kier molecular flexibility index (Phi) is 4.95. The number of nitrogens with zero attached hydrogens (tertiary/aromatic N) is 2. The zero-order valence-electron chi connectivity index (χ0n) is 10.8. The van der Waals surface area contributed by atoms with Gasteiger partial charge in [-0.25, -0.2) is 0 Å². The molecule has 6 nitrogen and oxygen atoms in total. The van der Waals surface area contributed by atoms with Crippen molar-refractivity contribution >= 4 is 11.8 Å². The van der Waals surface area contributed by atoms with Gasteiger partial charge in [0.15, 0.2) is 0 Å². The van der Waals surface area contributed by atoms with Crippen LogP contribution in [0.3, 0.4) is 0 Å². The number of nitrogens with one attached hydrogen (secondary N) is 2. The molecular weight excluding hydrogens is 232 g/mol. The van der Waals surface area contributed by atoms with E-state index in [1.807, 2.05) is 4.90 Å². The van der Waals surface area contributed by atoms with Crippen molar-refractivity contribution in [2.24, 2.45) is 0 Å². The molecule has 6 heteroatoms. The Hall–Kier alpha value is -1.14. The molecule has 2 amide bonds. The molecule has 0 radical (unpaired) electrons. The summed E-state index contributed by atoms with van der Waals surface area (Å²) in [5.74, 6) is 0.275. The maximum atomic E-state index is 12.2. The fourth-order valence-corrected chi connectivity index (χ4v) is 2.36. The first-order valence-electron chi connectivity index (χ1n) is 6.73. The van der Waals surface area contributed by atoms with Crippen LogP contribution >= 0.6 is 0 Å². The van der Waals surface area contributed by atoms with Crippen molar-refractivity contribution in [2.45, 2.75) is 12.8 Å². The van der Waals surface area contributed by atoms with Crippen molar-refractivity contribution < 1.29 is 9.59 Å². The molecule has 0 saturated carbocycles. The Bertz CT molecular complexity index is 300. The van der Waals surface area contributed by atoms with Gasteiger partial charge in [-0.2, -0.15) is 0 Å². The van der Waals surface area contributed by atoms with Gasteiger partial charge in [0.05, 0.1) is 6.54 Å². The molecular formula is C12H22N4O2. The van der Waals surface area contributed by atoms with Crippen LogP contribution in [0.4, 0.5) is 0 Å². The molecule has 0 aromatic rings. The fraction of sp³-hybridized carbons (Fsp3) is 0.833. The Labute approximate surface area is 108 Å². The Morgan fingerprint density at radius 1 is 1.11 bits per heavy atom. The molecule has 0 unspecified atom stereocenters. The highest BCUT2D eigenvalue weighted by Crippen LogP contribution is 2.01. The Morgan fingerprint density at radius 3 is 2.89 bits per heavy atom. The fourth-order valence-electron chi connectivity index (χ4n) is 2.36. The van der Waals surface area contributed by atoms with Crippen LogP contribution in [0, 0.1) is 0 Å². The van der Waals surface area contributed by atoms with E-state index in [1.54, 1.807) is 0 Å². The van der Waals surface area contributed by atoms with E-state index in [-0.39, 0.29) is 11.8 Å². The van der Waals surface area contributed by atoms with E-state index < -0.39 is 0 Å². The van der Waals surface area contributed by atoms with Gasteiger partial charge in [0, 0.05) is 45.7 Å². The predicted octanol–water partition coefficient (Wildman–Crippen LogP) is -1.37. The normalized spacial score (nSPS) is 23.1. The van der Waals surface area contributed by atoms with Crippen LogP contribution in [0.5, 0.6) is 0 Å². The van der Waals surface area contributed by atoms with E-state index >= 15 is 0 Å². The van der Waals surface area contributed by atoms with Gasteiger partial charge in [-0.15, -0.1) is 0 Å². The minimum Gasteiger partial charge on any atom is -0.355 e. The first kappa shape index (κ1) is 13.3. The van der Waals surface area contributed by atoms with Gasteiger partial charge >= 0.3 is 0 Å². The molecule has 2 rings (SSSR count). The van der Waals surface area contributed by atoms with Gasteiger partial charge < -0.3 is 15.5 Å². The molecule has 2 aliphatic heterocycles. The lowest BCUT2D eigenvalue weighted by Gasteiger charge is -2.25. The van der Waals surface area contributed by atoms with E-state index in [2.05, 4.69) is 15.5 Å². The quantitative estimate of drug-likeness (QED) is 0.638. The number of carbonyl (C=O) groups excluding carboxylic acids is 2. The van der Waals surface area contributed by atoms with Crippen LogP contribution in [0.25, 0.3) is 0 Å². The molecule has 0 atom stereocenters. The Morgan fingerprint density at radius 2 is 2.00 bits per heavy atom. The first-order valence-corrected chi connectivity index (χ1v) is 6.73. The third kappa shape index (κ3) is 3.96. The van der Waals surface area contributed by atoms with E-state index in [9.17, 15) is 9.59 Å². The largest absolute Gasteiger partial charge is 0.355 e. The maximum Gasteiger partial charge on any atom is 0.236 e. The zero-order chi connectivity index (χ0) is 12.8. The van der Waals surface area contributed by atoms with E-state index in [1.165, 1.54) is 0 Å². The van der Waals surface area contributed by atoms with Crippen molar-refractivity contribution in [3.05, 3.63) is 0 Å². The minimum absolute atomic E-state index is 0.0870. The second-order valence-corrected chi connectivity index (χ2v) is 4.86. The lowest BCUT2D eigenvalue weighted by molar-refractivity contribution is -0.132. The second-order valence-electron chi connectivity index (χ2n) is 4.86. The highest BCUT2D eigenvalue weighted by molar-refractivity contribution is 5.79. The standard InChI is InChI=1S/C12H22N4O2/c17-11-2-7-15(8-5-14-11)10-12(18)16-6-1-3-13-4-9-16/h13H,1-10H2,(H,14,17). The van der Waals surface area contributed by atoms with E-state index in [0.29, 0.717) is 26.1 Å². The highest BCUT2D eigenvalue weighted by atomic mass is 16.2. The molecule has 0 spiro atoms. The van der Waals surface area contributed by atoms with Gasteiger partial charge in [-0.1, -0.05) is 0 Å². The van der Waals surface area contributed by atoms with Crippen LogP contribution < -0.4 is 10.6 Å². The number of hydrogen-bond acceptors (Lipinski definition) is 4. The van der Waals surface area contributed by atoms with E-state index in [0.717, 1.165) is 39.1 Å². The molecule has 2 saturated heterocycles. The van der Waals surface area contributed by atoms with Gasteiger partial charge in [0.25, 0.3) is 0 Å². The summed E-state index contributed by atoms with van der Waals surface area (Å²) in [7, 11) is 0. The number of rotatable bonds is 2. The van der Waals surface area contributed by atoms with Gasteiger partial charge in [0.2, 0.25) is 11.8 Å². The molecule has 2 heterocycles. The summed E-state index contributed by atoms with van der Waals surface area (Å²) in [5, 5.41) is 6.11. The molecule has 0 aliphatic carbocycles. The van der Waals surface area contributed by atoms with Crippen molar-refractivity contribution in [3.63, 3.8) is 0 Å². The molecule has 0 aromatic carbocycles. The zero-order valence-corrected chi connectivity index (χ0v) is 10.8. The second kappa shape index (κ2) is 6.70. The van der Waals surface area contributed by atoms with Crippen molar-refractivity contribution in [2.75, 3.05) is 52.4 Å². The van der Waals surface area contributed by atoms with E-state index in [4.69, 9.17) is 0 Å². The lowest BCUT2D eigenvalue weighted by atomic mass is 10.3. The van der Waals surface area contributed by atoms with Crippen molar-refractivity contribution in [1.29, 1.82) is 0 Å². The third-order valence-corrected chi connectivity index (χ3v) is 3.46. The molecule has 102 valence electrons. The SMILES string of the molecule is O=C1CCN(CC(=O)N2CCCNCC2)CCN1. The molecule has 18 heavy (non-hydrogen) atoms. The maximum absolute atomic E-state index is 12.2. The molecule has 0 aromatic heterocycles. The third-order valence-electron chi connectivity index (χ3n) is 3.46. The lowest BCUT2D eigenvalue weighted by Crippen LogP contribution is -2.42. The summed E-state index contributed by atoms with van der Waals surface area (Å²) in [6, 6.07) is 0. The van der Waals surface area contributed by atoms with Crippen LogP contribution in [-0.4, -0.2) is 74.0 Å². The van der Waals surface area contributed by atoms with Gasteiger partial charge in [0.1, 0.15) is 0 Å². The first-order chi connectivity index (χ1) is 8.75. The average Bonchev–Trinajstić information content (AvgIpc) is 2.72. The van der Waals surface area contributed by atoms with Crippen LogP contribution in [0.2, 0.25) is 0 Å². The molecule has 0 bridgehead atoms. The van der Waals surface area contributed by atoms with Crippen molar-refractivity contribution in [1.82, 2.24) is 20.4 Å². The van der Waals surface area contributed by atoms with Crippen LogP contribution in [0.15, 0.2) is 0 Å². The number of hydrogen-bond donors (Lipinski definition) is 2. The minimum atomic E-state index is 0.0870. The van der Waals surface area contributed by atoms with Gasteiger partial charge in [-0.3, -0.25) is 14.5 Å². The monoisotopic (exact) mass is 254 g/mol. The molecule has 2 fully saturated rings. The van der Waals surface area contributed by atoms with Crippen LogP contribution in [0.1, 0.15) is 12.8 Å². The summed E-state index contributed by atoms with van der Waals surface area (Å²) in [6.45, 7) is 6.05. The summed E-state index contributed by atoms with van der Waals surface area (Å²) < 4.78 is 0. The number of carbonyl (C=O) groups is 2. The van der Waals surface area contributed by atoms with Gasteiger partial charge in [-0.05, 0) is 13.0 Å². The smallest absolute Gasteiger partial charge is 0.236 e. The Balaban J connectivity index is 1.80. The average molecular weight is 254 g/mol. The summed E-state index contributed by atoms with van der Waals surface area (Å²) in [4.78, 5) is 27.4. The molecule has 2 N–H and O–H groups in total. The summed E-state index contributed by atoms with van der Waals surface area (Å²) in [6.07, 6.45) is 1.51. The summed E-state index contributed by atoms with van der Waals surface area (Å²) >= 11 is 0. The number of amides is 2. The summed E-state index contributed by atoms with van der Waals surface area (Å²) in [5.41, 5.74) is 0. The van der Waals surface area contributed by atoms with Crippen LogP contribution in [-0.2, 0) is 9.59 Å². The predicted molar refractivity (Wildman–Crippen MR) is 68.1 cm³/mol. The molecule has 2 aliphatic rings.